The van der Waals surface area contributed by atoms with Gasteiger partial charge in [0.2, 0.25) is 0 Å². The standard InChI is InChI=1S/C23H16FNO3S/c1-28-17-6-4-5-15(13-17)22(27)25-23-20(14-9-11-16(24)12-10-14)21(26)18-7-2-3-8-19(18)29-23/h2-13H,1H3,(H,25,27). The van der Waals surface area contributed by atoms with E-state index in [0.717, 1.165) is 4.70 Å². The summed E-state index contributed by atoms with van der Waals surface area (Å²) in [6.07, 6.45) is 0. The number of methoxy groups -OCH3 is 1. The van der Waals surface area contributed by atoms with Gasteiger partial charge in [-0.15, -0.1) is 11.3 Å². The fourth-order valence-electron chi connectivity index (χ4n) is 3.05. The van der Waals surface area contributed by atoms with Crippen molar-refractivity contribution in [2.75, 3.05) is 12.4 Å². The van der Waals surface area contributed by atoms with Gasteiger partial charge in [-0.3, -0.25) is 9.59 Å². The highest BCUT2D eigenvalue weighted by molar-refractivity contribution is 7.22. The van der Waals surface area contributed by atoms with Crippen molar-refractivity contribution in [3.05, 3.63) is 94.4 Å². The minimum absolute atomic E-state index is 0.216. The number of halogens is 1. The molecule has 4 rings (SSSR count). The number of fused-ring (bicyclic) bond motifs is 1. The number of carbonyl (C=O) groups is 1. The van der Waals surface area contributed by atoms with Crippen molar-refractivity contribution in [3.63, 3.8) is 0 Å². The first kappa shape index (κ1) is 18.8. The zero-order valence-electron chi connectivity index (χ0n) is 15.4. The summed E-state index contributed by atoms with van der Waals surface area (Å²) >= 11 is 1.30. The Balaban J connectivity index is 1.86. The normalized spacial score (nSPS) is 10.7. The Morgan fingerprint density at radius 1 is 1.00 bits per heavy atom. The van der Waals surface area contributed by atoms with Crippen LogP contribution in [0.5, 0.6) is 5.75 Å². The number of rotatable bonds is 4. The molecule has 1 heterocycles. The van der Waals surface area contributed by atoms with Gasteiger partial charge in [0.15, 0.2) is 5.43 Å². The van der Waals surface area contributed by atoms with E-state index >= 15 is 0 Å². The molecule has 0 atom stereocenters. The number of benzene rings is 3. The first-order valence-corrected chi connectivity index (χ1v) is 9.65. The van der Waals surface area contributed by atoms with E-state index in [1.165, 1.54) is 42.7 Å². The van der Waals surface area contributed by atoms with E-state index in [1.807, 2.05) is 12.1 Å². The van der Waals surface area contributed by atoms with Crippen molar-refractivity contribution in [2.24, 2.45) is 0 Å². The molecule has 6 heteroatoms. The topological polar surface area (TPSA) is 55.4 Å². The average Bonchev–Trinajstić information content (AvgIpc) is 2.75. The van der Waals surface area contributed by atoms with E-state index in [4.69, 9.17) is 4.74 Å². The fraction of sp³-hybridized carbons (Fsp3) is 0.0435. The van der Waals surface area contributed by atoms with Crippen LogP contribution < -0.4 is 15.5 Å². The number of anilines is 1. The molecule has 0 aliphatic rings. The summed E-state index contributed by atoms with van der Waals surface area (Å²) in [4.78, 5) is 26.0. The maximum Gasteiger partial charge on any atom is 0.256 e. The summed E-state index contributed by atoms with van der Waals surface area (Å²) in [5.41, 5.74) is 1.07. The highest BCUT2D eigenvalue weighted by Crippen LogP contribution is 2.34. The van der Waals surface area contributed by atoms with Gasteiger partial charge in [0.25, 0.3) is 5.91 Å². The average molecular weight is 405 g/mol. The van der Waals surface area contributed by atoms with Gasteiger partial charge in [-0.25, -0.2) is 4.39 Å². The van der Waals surface area contributed by atoms with Gasteiger partial charge in [-0.1, -0.05) is 30.3 Å². The van der Waals surface area contributed by atoms with Gasteiger partial charge in [0.1, 0.15) is 16.6 Å². The van der Waals surface area contributed by atoms with Crippen molar-refractivity contribution in [1.29, 1.82) is 0 Å². The third-order valence-corrected chi connectivity index (χ3v) is 5.58. The van der Waals surface area contributed by atoms with E-state index in [1.54, 1.807) is 36.4 Å². The van der Waals surface area contributed by atoms with Crippen LogP contribution in [0.3, 0.4) is 0 Å². The van der Waals surface area contributed by atoms with Crippen LogP contribution in [-0.4, -0.2) is 13.0 Å². The van der Waals surface area contributed by atoms with Crippen LogP contribution in [0.25, 0.3) is 21.2 Å². The highest BCUT2D eigenvalue weighted by Gasteiger charge is 2.17. The lowest BCUT2D eigenvalue weighted by atomic mass is 10.1. The Labute approximate surface area is 170 Å². The van der Waals surface area contributed by atoms with Crippen LogP contribution in [0, 0.1) is 5.82 Å². The maximum absolute atomic E-state index is 13.4. The van der Waals surface area contributed by atoms with Gasteiger partial charge in [-0.2, -0.15) is 0 Å². The van der Waals surface area contributed by atoms with E-state index in [2.05, 4.69) is 5.32 Å². The van der Waals surface area contributed by atoms with Crippen LogP contribution in [0.15, 0.2) is 77.6 Å². The van der Waals surface area contributed by atoms with E-state index in [-0.39, 0.29) is 11.3 Å². The lowest BCUT2D eigenvalue weighted by Gasteiger charge is -2.12. The second-order valence-electron chi connectivity index (χ2n) is 6.32. The number of nitrogens with one attached hydrogen (secondary N) is 1. The van der Waals surface area contributed by atoms with Gasteiger partial charge in [-0.05, 0) is 48.0 Å². The van der Waals surface area contributed by atoms with E-state index < -0.39 is 5.82 Å². The fourth-order valence-corrected chi connectivity index (χ4v) is 4.14. The van der Waals surface area contributed by atoms with Crippen molar-refractivity contribution < 1.29 is 13.9 Å². The van der Waals surface area contributed by atoms with Crippen LogP contribution in [-0.2, 0) is 0 Å². The first-order chi connectivity index (χ1) is 14.1. The molecule has 0 radical (unpaired) electrons. The molecule has 4 nitrogen and oxygen atoms in total. The molecular formula is C23H16FNO3S. The third kappa shape index (κ3) is 3.75. The Kier molecular flexibility index (Phi) is 5.10. The van der Waals surface area contributed by atoms with Gasteiger partial charge in [0, 0.05) is 15.6 Å². The SMILES string of the molecule is COc1cccc(C(=O)Nc2sc3ccccc3c(=O)c2-c2ccc(F)cc2)c1. The number of amides is 1. The number of hydrogen-bond acceptors (Lipinski definition) is 4. The monoisotopic (exact) mass is 405 g/mol. The summed E-state index contributed by atoms with van der Waals surface area (Å²) in [6.45, 7) is 0. The predicted molar refractivity (Wildman–Crippen MR) is 114 cm³/mol. The van der Waals surface area contributed by atoms with Crippen LogP contribution in [0.1, 0.15) is 10.4 Å². The third-order valence-electron chi connectivity index (χ3n) is 4.49. The van der Waals surface area contributed by atoms with Gasteiger partial charge >= 0.3 is 0 Å². The number of ether oxygens (including phenoxy) is 1. The van der Waals surface area contributed by atoms with Crippen LogP contribution >= 0.6 is 11.3 Å². The zero-order chi connectivity index (χ0) is 20.4. The summed E-state index contributed by atoms with van der Waals surface area (Å²) < 4.78 is 19.3. The molecule has 4 aromatic rings. The van der Waals surface area contributed by atoms with Gasteiger partial charge in [0.05, 0.1) is 12.7 Å². The Hall–Kier alpha value is -3.51. The van der Waals surface area contributed by atoms with Crippen molar-refractivity contribution in [2.45, 2.75) is 0 Å². The minimum atomic E-state index is -0.396. The zero-order valence-corrected chi connectivity index (χ0v) is 16.3. The molecule has 0 aliphatic heterocycles. The molecule has 0 fully saturated rings. The molecule has 0 saturated carbocycles. The molecule has 3 aromatic carbocycles. The molecule has 1 amide bonds. The molecular weight excluding hydrogens is 389 g/mol. The smallest absolute Gasteiger partial charge is 0.256 e. The second-order valence-corrected chi connectivity index (χ2v) is 7.38. The van der Waals surface area contributed by atoms with E-state index in [0.29, 0.717) is 32.8 Å². The molecule has 1 aromatic heterocycles. The molecule has 0 spiro atoms. The molecule has 0 unspecified atom stereocenters. The van der Waals surface area contributed by atoms with Crippen molar-refractivity contribution in [3.8, 4) is 16.9 Å². The molecule has 144 valence electrons. The van der Waals surface area contributed by atoms with Crippen molar-refractivity contribution >= 4 is 32.3 Å². The quantitative estimate of drug-likeness (QED) is 0.499. The van der Waals surface area contributed by atoms with E-state index in [9.17, 15) is 14.0 Å². The minimum Gasteiger partial charge on any atom is -0.497 e. The van der Waals surface area contributed by atoms with Gasteiger partial charge < -0.3 is 10.1 Å². The molecule has 29 heavy (non-hydrogen) atoms. The predicted octanol–water partition coefficient (Wildman–Crippen LogP) is 5.33. The number of hydrogen-bond donors (Lipinski definition) is 1. The molecule has 0 aliphatic carbocycles. The first-order valence-electron chi connectivity index (χ1n) is 8.84. The summed E-state index contributed by atoms with van der Waals surface area (Å²) in [5, 5.41) is 3.82. The largest absolute Gasteiger partial charge is 0.497 e. The lowest BCUT2D eigenvalue weighted by Crippen LogP contribution is -2.15. The highest BCUT2D eigenvalue weighted by atomic mass is 32.1. The molecule has 0 bridgehead atoms. The summed E-state index contributed by atoms with van der Waals surface area (Å²) in [5.74, 6) is -0.200. The summed E-state index contributed by atoms with van der Waals surface area (Å²) in [6, 6.07) is 19.6. The maximum atomic E-state index is 13.4. The second kappa shape index (κ2) is 7.85. The summed E-state index contributed by atoms with van der Waals surface area (Å²) in [7, 11) is 1.53. The Morgan fingerprint density at radius 2 is 1.76 bits per heavy atom. The Bertz CT molecular complexity index is 1270. The lowest BCUT2D eigenvalue weighted by molar-refractivity contribution is 0.102. The van der Waals surface area contributed by atoms with Crippen molar-refractivity contribution in [1.82, 2.24) is 0 Å². The molecule has 0 saturated heterocycles. The number of carbonyl (C=O) groups excluding carboxylic acids is 1. The van der Waals surface area contributed by atoms with Crippen LogP contribution in [0.4, 0.5) is 9.39 Å². The van der Waals surface area contributed by atoms with Crippen LogP contribution in [0.2, 0.25) is 0 Å². The molecule has 1 N–H and O–H groups in total. The Morgan fingerprint density at radius 3 is 2.52 bits per heavy atom.